The number of hydrogen-bond donors (Lipinski definition) is 2. The molecule has 168 valence electrons. The average Bonchev–Trinajstić information content (AvgIpc) is 3.30. The number of pyridine rings is 1. The van der Waals surface area contributed by atoms with Gasteiger partial charge in [0.1, 0.15) is 17.7 Å². The number of aromatic amines is 1. The maximum Gasteiger partial charge on any atom is 0.254 e. The van der Waals surface area contributed by atoms with Crippen molar-refractivity contribution in [3.05, 3.63) is 71.2 Å². The number of rotatable bonds is 7. The molecule has 0 radical (unpaired) electrons. The minimum Gasteiger partial charge on any atom is -0.493 e. The van der Waals surface area contributed by atoms with Gasteiger partial charge >= 0.3 is 0 Å². The molecule has 4 rings (SSSR count). The van der Waals surface area contributed by atoms with E-state index >= 15 is 0 Å². The van der Waals surface area contributed by atoms with Gasteiger partial charge in [0.15, 0.2) is 11.6 Å². The molecule has 2 N–H and O–H groups in total. The molecule has 0 unspecified atom stereocenters. The summed E-state index contributed by atoms with van der Waals surface area (Å²) in [6, 6.07) is 8.68. The molecular formula is C22H23F2N5O3. The number of H-pyrrole nitrogens is 1. The van der Waals surface area contributed by atoms with Gasteiger partial charge in [-0.25, -0.2) is 13.8 Å². The second-order valence-electron chi connectivity index (χ2n) is 7.28. The summed E-state index contributed by atoms with van der Waals surface area (Å²) in [5.41, 5.74) is 2.06. The second-order valence-corrected chi connectivity index (χ2v) is 7.28. The van der Waals surface area contributed by atoms with Crippen LogP contribution in [0.25, 0.3) is 0 Å². The van der Waals surface area contributed by atoms with Crippen LogP contribution in [0.5, 0.6) is 5.75 Å². The zero-order chi connectivity index (χ0) is 22.5. The highest BCUT2D eigenvalue weighted by atomic mass is 19.2. The van der Waals surface area contributed by atoms with Crippen LogP contribution in [0.15, 0.2) is 42.6 Å². The standard InChI is InChI=1S/C22H23F2N5O3/c1-25-21-10-14(4-6-26-21)22(30)29-7-9-32-20(13-29)19-11-15(27-28-19)5-8-31-16-2-3-17(23)18(24)12-16/h2-4,6,10-12,20H,5,7-9,13H2,1H3,(H,25,26)(H,27,28)/t20-/m0/s1. The largest absolute Gasteiger partial charge is 0.493 e. The molecule has 0 saturated carbocycles. The predicted molar refractivity (Wildman–Crippen MR) is 113 cm³/mol. The number of anilines is 1. The molecule has 1 aliphatic rings. The molecule has 1 atom stereocenters. The fourth-order valence-corrected chi connectivity index (χ4v) is 3.41. The summed E-state index contributed by atoms with van der Waals surface area (Å²) in [6.45, 7) is 1.54. The lowest BCUT2D eigenvalue weighted by Crippen LogP contribution is -2.42. The van der Waals surface area contributed by atoms with E-state index in [1.165, 1.54) is 6.07 Å². The van der Waals surface area contributed by atoms with Crippen LogP contribution in [0.1, 0.15) is 27.8 Å². The lowest BCUT2D eigenvalue weighted by Gasteiger charge is -2.32. The number of nitrogens with one attached hydrogen (secondary N) is 2. The number of halogens is 2. The summed E-state index contributed by atoms with van der Waals surface area (Å²) in [5, 5.41) is 10.2. The molecule has 32 heavy (non-hydrogen) atoms. The Balaban J connectivity index is 1.33. The number of ether oxygens (including phenoxy) is 2. The van der Waals surface area contributed by atoms with Gasteiger partial charge in [-0.05, 0) is 30.3 Å². The second kappa shape index (κ2) is 9.73. The Morgan fingerprint density at radius 3 is 2.97 bits per heavy atom. The molecular weight excluding hydrogens is 420 g/mol. The third-order valence-corrected chi connectivity index (χ3v) is 5.13. The van der Waals surface area contributed by atoms with Gasteiger partial charge in [-0.3, -0.25) is 9.89 Å². The first-order valence-electron chi connectivity index (χ1n) is 10.2. The molecule has 3 heterocycles. The van der Waals surface area contributed by atoms with Crippen molar-refractivity contribution in [2.45, 2.75) is 12.5 Å². The normalized spacial score (nSPS) is 16.1. The number of carbonyl (C=O) groups is 1. The molecule has 0 aliphatic carbocycles. The van der Waals surface area contributed by atoms with E-state index in [0.717, 1.165) is 17.8 Å². The van der Waals surface area contributed by atoms with Crippen molar-refractivity contribution in [3.8, 4) is 5.75 Å². The van der Waals surface area contributed by atoms with E-state index in [1.54, 1.807) is 30.3 Å². The van der Waals surface area contributed by atoms with Crippen LogP contribution >= 0.6 is 0 Å². The molecule has 1 saturated heterocycles. The smallest absolute Gasteiger partial charge is 0.254 e. The van der Waals surface area contributed by atoms with E-state index in [1.807, 2.05) is 6.07 Å². The van der Waals surface area contributed by atoms with Crippen molar-refractivity contribution in [3.63, 3.8) is 0 Å². The van der Waals surface area contributed by atoms with Crippen LogP contribution in [0.3, 0.4) is 0 Å². The van der Waals surface area contributed by atoms with Gasteiger partial charge in [0, 0.05) is 43.5 Å². The van der Waals surface area contributed by atoms with Gasteiger partial charge in [-0.1, -0.05) is 0 Å². The van der Waals surface area contributed by atoms with E-state index in [9.17, 15) is 13.6 Å². The summed E-state index contributed by atoms with van der Waals surface area (Å²) in [5.74, 6) is -1.07. The number of benzene rings is 1. The van der Waals surface area contributed by atoms with Crippen LogP contribution in [0, 0.1) is 11.6 Å². The minimum absolute atomic E-state index is 0.0899. The first kappa shape index (κ1) is 21.7. The molecule has 1 aromatic carbocycles. The SMILES string of the molecule is CNc1cc(C(=O)N2CCO[C@H](c3cc(CCOc4ccc(F)c(F)c4)[nH]n3)C2)ccn1. The Hall–Kier alpha value is -3.53. The molecule has 8 nitrogen and oxygen atoms in total. The van der Waals surface area contributed by atoms with Crippen molar-refractivity contribution in [2.75, 3.05) is 38.7 Å². The van der Waals surface area contributed by atoms with Crippen molar-refractivity contribution < 1.29 is 23.0 Å². The predicted octanol–water partition coefficient (Wildman–Crippen LogP) is 2.96. The van der Waals surface area contributed by atoms with E-state index in [4.69, 9.17) is 9.47 Å². The van der Waals surface area contributed by atoms with Gasteiger partial charge < -0.3 is 19.7 Å². The first-order valence-corrected chi connectivity index (χ1v) is 10.2. The Kier molecular flexibility index (Phi) is 6.60. The van der Waals surface area contributed by atoms with E-state index < -0.39 is 11.6 Å². The molecule has 0 spiro atoms. The summed E-state index contributed by atoms with van der Waals surface area (Å²) in [6.07, 6.45) is 1.74. The zero-order valence-corrected chi connectivity index (χ0v) is 17.5. The van der Waals surface area contributed by atoms with Crippen molar-refractivity contribution in [1.82, 2.24) is 20.1 Å². The van der Waals surface area contributed by atoms with Gasteiger partial charge in [0.25, 0.3) is 5.91 Å². The summed E-state index contributed by atoms with van der Waals surface area (Å²) in [7, 11) is 1.75. The lowest BCUT2D eigenvalue weighted by molar-refractivity contribution is -0.0247. The number of aromatic nitrogens is 3. The highest BCUT2D eigenvalue weighted by Crippen LogP contribution is 2.23. The molecule has 10 heteroatoms. The summed E-state index contributed by atoms with van der Waals surface area (Å²) < 4.78 is 37.5. The molecule has 1 aliphatic heterocycles. The van der Waals surface area contributed by atoms with Gasteiger partial charge in [0.05, 0.1) is 25.5 Å². The Morgan fingerprint density at radius 1 is 1.28 bits per heavy atom. The Labute approximate surface area is 183 Å². The number of nitrogens with zero attached hydrogens (tertiary/aromatic N) is 3. The third kappa shape index (κ3) is 5.02. The zero-order valence-electron chi connectivity index (χ0n) is 17.5. The Morgan fingerprint density at radius 2 is 2.16 bits per heavy atom. The topological polar surface area (TPSA) is 92.4 Å². The minimum atomic E-state index is -0.950. The van der Waals surface area contributed by atoms with E-state index in [0.29, 0.717) is 43.2 Å². The average molecular weight is 443 g/mol. The van der Waals surface area contributed by atoms with Crippen molar-refractivity contribution in [2.24, 2.45) is 0 Å². The molecule has 3 aromatic rings. The molecule has 2 aromatic heterocycles. The Bertz CT molecular complexity index is 1090. The number of carbonyl (C=O) groups excluding carboxylic acids is 1. The summed E-state index contributed by atoms with van der Waals surface area (Å²) >= 11 is 0. The monoisotopic (exact) mass is 443 g/mol. The van der Waals surface area contributed by atoms with Crippen LogP contribution in [-0.4, -0.2) is 59.3 Å². The quantitative estimate of drug-likeness (QED) is 0.583. The van der Waals surface area contributed by atoms with Gasteiger partial charge in [-0.15, -0.1) is 0 Å². The van der Waals surface area contributed by atoms with Crippen LogP contribution < -0.4 is 10.1 Å². The number of morpholine rings is 1. The number of hydrogen-bond acceptors (Lipinski definition) is 6. The van der Waals surface area contributed by atoms with Gasteiger partial charge in [-0.2, -0.15) is 5.10 Å². The van der Waals surface area contributed by atoms with Crippen molar-refractivity contribution >= 4 is 11.7 Å². The summed E-state index contributed by atoms with van der Waals surface area (Å²) in [4.78, 5) is 18.8. The maximum absolute atomic E-state index is 13.3. The highest BCUT2D eigenvalue weighted by molar-refractivity contribution is 5.94. The van der Waals surface area contributed by atoms with E-state index in [-0.39, 0.29) is 24.4 Å². The molecule has 0 bridgehead atoms. The highest BCUT2D eigenvalue weighted by Gasteiger charge is 2.28. The van der Waals surface area contributed by atoms with Crippen LogP contribution in [0.2, 0.25) is 0 Å². The van der Waals surface area contributed by atoms with Crippen LogP contribution in [0.4, 0.5) is 14.6 Å². The molecule has 1 fully saturated rings. The fourth-order valence-electron chi connectivity index (χ4n) is 3.41. The van der Waals surface area contributed by atoms with Crippen molar-refractivity contribution in [1.29, 1.82) is 0 Å². The van der Waals surface area contributed by atoms with Gasteiger partial charge in [0.2, 0.25) is 0 Å². The third-order valence-electron chi connectivity index (χ3n) is 5.13. The number of amides is 1. The maximum atomic E-state index is 13.3. The fraction of sp³-hybridized carbons (Fsp3) is 0.318. The first-order chi connectivity index (χ1) is 15.5. The molecule has 1 amide bonds. The van der Waals surface area contributed by atoms with Crippen LogP contribution in [-0.2, 0) is 11.2 Å². The lowest BCUT2D eigenvalue weighted by atomic mass is 10.1. The van der Waals surface area contributed by atoms with E-state index in [2.05, 4.69) is 20.5 Å².